The normalized spacial score (nSPS) is 27.3. The highest BCUT2D eigenvalue weighted by atomic mass is 19.4. The molecule has 2 aliphatic heterocycles. The molecule has 134 valence electrons. The lowest BCUT2D eigenvalue weighted by molar-refractivity contribution is -0.150. The van der Waals surface area contributed by atoms with Crippen LogP contribution < -0.4 is 5.32 Å². The van der Waals surface area contributed by atoms with E-state index in [1.165, 1.54) is 17.0 Å². The van der Waals surface area contributed by atoms with Gasteiger partial charge in [0, 0.05) is 26.2 Å². The number of hydrogen-bond acceptors (Lipinski definition) is 3. The van der Waals surface area contributed by atoms with Crippen molar-refractivity contribution in [2.24, 2.45) is 0 Å². The molecule has 0 bridgehead atoms. The molecule has 0 spiro atoms. The Morgan fingerprint density at radius 1 is 1.04 bits per heavy atom. The van der Waals surface area contributed by atoms with Gasteiger partial charge in [0.05, 0.1) is 12.7 Å². The molecule has 2 saturated heterocycles. The van der Waals surface area contributed by atoms with E-state index in [2.05, 4.69) is 10.2 Å². The maximum absolute atomic E-state index is 13.1. The second kappa shape index (κ2) is 7.37. The Morgan fingerprint density at radius 2 is 1.71 bits per heavy atom. The van der Waals surface area contributed by atoms with Crippen LogP contribution in [0.4, 0.5) is 17.6 Å². The van der Waals surface area contributed by atoms with Gasteiger partial charge in [-0.05, 0) is 43.0 Å². The lowest BCUT2D eigenvalue weighted by Gasteiger charge is -2.43. The first kappa shape index (κ1) is 17.6. The molecule has 3 nitrogen and oxygen atoms in total. The van der Waals surface area contributed by atoms with E-state index in [4.69, 9.17) is 0 Å². The fraction of sp³-hybridized carbons (Fsp3) is 0.647. The maximum Gasteiger partial charge on any atom is 0.401 e. The first-order chi connectivity index (χ1) is 11.4. The van der Waals surface area contributed by atoms with Crippen LogP contribution >= 0.6 is 0 Å². The molecule has 1 aromatic rings. The Kier molecular flexibility index (Phi) is 5.42. The zero-order chi connectivity index (χ0) is 17.2. The van der Waals surface area contributed by atoms with Crippen molar-refractivity contribution in [2.45, 2.75) is 31.1 Å². The maximum atomic E-state index is 13.1. The number of nitrogens with one attached hydrogen (secondary N) is 1. The Balaban J connectivity index is 1.53. The van der Waals surface area contributed by atoms with E-state index in [9.17, 15) is 17.6 Å². The molecule has 3 rings (SSSR count). The van der Waals surface area contributed by atoms with Crippen molar-refractivity contribution < 1.29 is 17.6 Å². The summed E-state index contributed by atoms with van der Waals surface area (Å²) in [6, 6.07) is 6.65. The molecule has 24 heavy (non-hydrogen) atoms. The molecule has 2 unspecified atom stereocenters. The van der Waals surface area contributed by atoms with Crippen LogP contribution in [-0.2, 0) is 0 Å². The predicted octanol–water partition coefficient (Wildman–Crippen LogP) is 2.80. The highest BCUT2D eigenvalue weighted by Crippen LogP contribution is 2.29. The van der Waals surface area contributed by atoms with Crippen LogP contribution in [0.3, 0.4) is 0 Å². The molecule has 0 saturated carbocycles. The summed E-state index contributed by atoms with van der Waals surface area (Å²) in [4.78, 5) is 3.71. The highest BCUT2D eigenvalue weighted by Gasteiger charge is 2.34. The Morgan fingerprint density at radius 3 is 2.33 bits per heavy atom. The largest absolute Gasteiger partial charge is 0.401 e. The second-order valence-electron chi connectivity index (χ2n) is 6.67. The van der Waals surface area contributed by atoms with Gasteiger partial charge in [0.1, 0.15) is 5.82 Å². The van der Waals surface area contributed by atoms with Crippen LogP contribution in [0.1, 0.15) is 24.3 Å². The van der Waals surface area contributed by atoms with Gasteiger partial charge in [-0.3, -0.25) is 9.80 Å². The zero-order valence-electron chi connectivity index (χ0n) is 13.5. The predicted molar refractivity (Wildman–Crippen MR) is 84.2 cm³/mol. The third kappa shape index (κ3) is 4.68. The Hall–Kier alpha value is -1.18. The van der Waals surface area contributed by atoms with Gasteiger partial charge in [0.15, 0.2) is 0 Å². The van der Waals surface area contributed by atoms with E-state index in [-0.39, 0.29) is 12.0 Å². The lowest BCUT2D eigenvalue weighted by Crippen LogP contribution is -2.57. The molecule has 0 aromatic heterocycles. The zero-order valence-corrected chi connectivity index (χ0v) is 13.5. The molecule has 1 aromatic carbocycles. The van der Waals surface area contributed by atoms with E-state index < -0.39 is 12.7 Å². The molecule has 0 radical (unpaired) electrons. The standard InChI is InChI=1S/C17H23F4N3/c18-15-3-1-13(2-4-15)14-5-6-22-16(11-14)24-9-7-23(8-10-24)12-17(19,20)21/h1-4,14,16,22H,5-12H2. The molecule has 0 amide bonds. The second-order valence-corrected chi connectivity index (χ2v) is 6.67. The van der Waals surface area contributed by atoms with E-state index in [1.807, 2.05) is 12.1 Å². The van der Waals surface area contributed by atoms with Crippen molar-refractivity contribution in [3.8, 4) is 0 Å². The quantitative estimate of drug-likeness (QED) is 0.850. The van der Waals surface area contributed by atoms with E-state index >= 15 is 0 Å². The van der Waals surface area contributed by atoms with Gasteiger partial charge in [-0.2, -0.15) is 13.2 Å². The van der Waals surface area contributed by atoms with Gasteiger partial charge >= 0.3 is 6.18 Å². The van der Waals surface area contributed by atoms with Crippen molar-refractivity contribution in [1.29, 1.82) is 0 Å². The number of piperazine rings is 1. The summed E-state index contributed by atoms with van der Waals surface area (Å²) in [5.41, 5.74) is 1.14. The molecular weight excluding hydrogens is 322 g/mol. The minimum Gasteiger partial charge on any atom is -0.302 e. The fourth-order valence-electron chi connectivity index (χ4n) is 3.70. The molecule has 2 fully saturated rings. The van der Waals surface area contributed by atoms with Gasteiger partial charge in [-0.25, -0.2) is 4.39 Å². The highest BCUT2D eigenvalue weighted by molar-refractivity contribution is 5.21. The molecule has 2 aliphatic rings. The summed E-state index contributed by atoms with van der Waals surface area (Å²) in [5, 5.41) is 3.47. The van der Waals surface area contributed by atoms with Gasteiger partial charge in [-0.15, -0.1) is 0 Å². The number of piperidine rings is 1. The van der Waals surface area contributed by atoms with Crippen LogP contribution in [0.2, 0.25) is 0 Å². The third-order valence-electron chi connectivity index (χ3n) is 4.97. The monoisotopic (exact) mass is 345 g/mol. The van der Waals surface area contributed by atoms with Crippen LogP contribution in [0.5, 0.6) is 0 Å². The minimum atomic E-state index is -4.13. The number of benzene rings is 1. The van der Waals surface area contributed by atoms with E-state index in [0.29, 0.717) is 32.1 Å². The van der Waals surface area contributed by atoms with Gasteiger partial charge in [0.2, 0.25) is 0 Å². The Labute approximate surface area is 139 Å². The topological polar surface area (TPSA) is 18.5 Å². The van der Waals surface area contributed by atoms with Gasteiger partial charge in [-0.1, -0.05) is 12.1 Å². The average Bonchev–Trinajstić information content (AvgIpc) is 2.55. The number of halogens is 4. The average molecular weight is 345 g/mol. The number of rotatable bonds is 3. The molecule has 1 N–H and O–H groups in total. The van der Waals surface area contributed by atoms with Crippen molar-refractivity contribution in [2.75, 3.05) is 39.3 Å². The molecule has 2 heterocycles. The van der Waals surface area contributed by atoms with Crippen LogP contribution in [0.25, 0.3) is 0 Å². The summed E-state index contributed by atoms with van der Waals surface area (Å²) >= 11 is 0. The van der Waals surface area contributed by atoms with Crippen LogP contribution in [0.15, 0.2) is 24.3 Å². The summed E-state index contributed by atoms with van der Waals surface area (Å²) in [5.74, 6) is 0.134. The summed E-state index contributed by atoms with van der Waals surface area (Å²) in [7, 11) is 0. The summed E-state index contributed by atoms with van der Waals surface area (Å²) in [6.45, 7) is 2.22. The third-order valence-corrected chi connectivity index (χ3v) is 4.97. The Bertz CT molecular complexity index is 524. The van der Waals surface area contributed by atoms with Gasteiger partial charge < -0.3 is 5.32 Å². The SMILES string of the molecule is Fc1ccc(C2CCNC(N3CCN(CC(F)(F)F)CC3)C2)cc1. The summed E-state index contributed by atoms with van der Waals surface area (Å²) < 4.78 is 50.5. The fourth-order valence-corrected chi connectivity index (χ4v) is 3.70. The number of alkyl halides is 3. The first-order valence-electron chi connectivity index (χ1n) is 8.43. The molecule has 7 heteroatoms. The molecule has 0 aliphatic carbocycles. The van der Waals surface area contributed by atoms with Crippen molar-refractivity contribution >= 4 is 0 Å². The smallest absolute Gasteiger partial charge is 0.302 e. The van der Waals surface area contributed by atoms with Crippen molar-refractivity contribution in [3.63, 3.8) is 0 Å². The van der Waals surface area contributed by atoms with Crippen LogP contribution in [0, 0.1) is 5.82 Å². The molecular formula is C17H23F4N3. The van der Waals surface area contributed by atoms with Crippen molar-refractivity contribution in [1.82, 2.24) is 15.1 Å². The van der Waals surface area contributed by atoms with E-state index in [1.54, 1.807) is 0 Å². The lowest BCUT2D eigenvalue weighted by atomic mass is 9.88. The van der Waals surface area contributed by atoms with Crippen molar-refractivity contribution in [3.05, 3.63) is 35.6 Å². The number of nitrogens with zero attached hydrogens (tertiary/aromatic N) is 2. The first-order valence-corrected chi connectivity index (χ1v) is 8.43. The van der Waals surface area contributed by atoms with E-state index in [0.717, 1.165) is 24.9 Å². The minimum absolute atomic E-state index is 0.182. The summed E-state index contributed by atoms with van der Waals surface area (Å²) in [6.07, 6.45) is -2.04. The van der Waals surface area contributed by atoms with Gasteiger partial charge in [0.25, 0.3) is 0 Å². The van der Waals surface area contributed by atoms with Crippen LogP contribution in [-0.4, -0.2) is 61.4 Å². The molecule has 2 atom stereocenters. The number of hydrogen-bond donors (Lipinski definition) is 1.